The number of anilines is 2. The molecule has 118 valence electrons. The van der Waals surface area contributed by atoms with Gasteiger partial charge in [-0.15, -0.1) is 0 Å². The number of esters is 1. The zero-order valence-corrected chi connectivity index (χ0v) is 12.9. The third-order valence-electron chi connectivity index (χ3n) is 4.23. The van der Waals surface area contributed by atoms with Gasteiger partial charge in [0.25, 0.3) is 0 Å². The molecule has 3 rings (SSSR count). The lowest BCUT2D eigenvalue weighted by Crippen LogP contribution is -2.33. The first-order valence-electron chi connectivity index (χ1n) is 7.84. The van der Waals surface area contributed by atoms with Crippen LogP contribution in [0.25, 0.3) is 0 Å². The second-order valence-corrected chi connectivity index (χ2v) is 5.76. The van der Waals surface area contributed by atoms with Gasteiger partial charge in [0.1, 0.15) is 5.82 Å². The third-order valence-corrected chi connectivity index (χ3v) is 4.23. The fraction of sp³-hybridized carbons (Fsp3) is 0.500. The van der Waals surface area contributed by atoms with Gasteiger partial charge < -0.3 is 15.4 Å². The standard InChI is InChI=1S/C16H22N4O2/c1-2-16(21)22-15-10-19(12-5-3-4-6-12)11-20(15)13-7-8-14(17)18-9-13/h7-10,12H,2-6,11H2,1H3,(H2,17,18). The quantitative estimate of drug-likeness (QED) is 0.861. The van der Waals surface area contributed by atoms with Crippen LogP contribution in [0.3, 0.4) is 0 Å². The Balaban J connectivity index is 1.82. The summed E-state index contributed by atoms with van der Waals surface area (Å²) in [5.41, 5.74) is 6.53. The minimum absolute atomic E-state index is 0.229. The Morgan fingerprint density at radius 2 is 2.18 bits per heavy atom. The molecule has 0 aromatic carbocycles. The van der Waals surface area contributed by atoms with E-state index in [9.17, 15) is 4.79 Å². The maximum Gasteiger partial charge on any atom is 0.312 e. The number of nitrogens with zero attached hydrogens (tertiary/aromatic N) is 3. The van der Waals surface area contributed by atoms with Gasteiger partial charge >= 0.3 is 5.97 Å². The number of aromatic nitrogens is 1. The molecule has 1 aliphatic heterocycles. The summed E-state index contributed by atoms with van der Waals surface area (Å²) in [5, 5.41) is 0. The highest BCUT2D eigenvalue weighted by molar-refractivity contribution is 5.71. The lowest BCUT2D eigenvalue weighted by atomic mass is 10.2. The SMILES string of the molecule is CCC(=O)OC1=CN(C2CCCC2)CN1c1ccc(N)nc1. The van der Waals surface area contributed by atoms with Crippen molar-refractivity contribution < 1.29 is 9.53 Å². The number of nitrogen functional groups attached to an aromatic ring is 1. The number of nitrogens with two attached hydrogens (primary N) is 1. The summed E-state index contributed by atoms with van der Waals surface area (Å²) in [4.78, 5) is 20.0. The average molecular weight is 302 g/mol. The molecule has 1 saturated carbocycles. The number of hydrogen-bond donors (Lipinski definition) is 1. The maximum absolute atomic E-state index is 11.7. The van der Waals surface area contributed by atoms with Crippen molar-refractivity contribution in [3.05, 3.63) is 30.4 Å². The Kier molecular flexibility index (Phi) is 4.18. The first kappa shape index (κ1) is 14.7. The van der Waals surface area contributed by atoms with Crippen LogP contribution >= 0.6 is 0 Å². The highest BCUT2D eigenvalue weighted by atomic mass is 16.6. The van der Waals surface area contributed by atoms with Crippen molar-refractivity contribution >= 4 is 17.5 Å². The number of pyridine rings is 1. The van der Waals surface area contributed by atoms with E-state index in [4.69, 9.17) is 10.5 Å². The van der Waals surface area contributed by atoms with E-state index >= 15 is 0 Å². The summed E-state index contributed by atoms with van der Waals surface area (Å²) >= 11 is 0. The number of hydrogen-bond acceptors (Lipinski definition) is 6. The molecule has 2 heterocycles. The van der Waals surface area contributed by atoms with E-state index in [0.717, 1.165) is 5.69 Å². The molecule has 0 amide bonds. The van der Waals surface area contributed by atoms with Gasteiger partial charge in [0.2, 0.25) is 5.88 Å². The van der Waals surface area contributed by atoms with E-state index in [1.54, 1.807) is 19.2 Å². The number of ether oxygens (including phenoxy) is 1. The van der Waals surface area contributed by atoms with Crippen LogP contribution in [0.5, 0.6) is 0 Å². The van der Waals surface area contributed by atoms with E-state index < -0.39 is 0 Å². The molecule has 0 radical (unpaired) electrons. The fourth-order valence-corrected chi connectivity index (χ4v) is 2.98. The van der Waals surface area contributed by atoms with Crippen LogP contribution in [-0.4, -0.2) is 28.6 Å². The first-order valence-corrected chi connectivity index (χ1v) is 7.84. The van der Waals surface area contributed by atoms with Crippen LogP contribution in [0.2, 0.25) is 0 Å². The zero-order chi connectivity index (χ0) is 15.5. The van der Waals surface area contributed by atoms with E-state index in [1.807, 2.05) is 17.2 Å². The van der Waals surface area contributed by atoms with Gasteiger partial charge in [-0.25, -0.2) is 4.98 Å². The molecule has 0 saturated heterocycles. The molecule has 1 fully saturated rings. The molecule has 0 spiro atoms. The Labute approximate surface area is 130 Å². The predicted molar refractivity (Wildman–Crippen MR) is 84.6 cm³/mol. The van der Waals surface area contributed by atoms with E-state index in [-0.39, 0.29) is 5.97 Å². The smallest absolute Gasteiger partial charge is 0.312 e. The van der Waals surface area contributed by atoms with Gasteiger partial charge in [0, 0.05) is 12.5 Å². The highest BCUT2D eigenvalue weighted by Gasteiger charge is 2.31. The second kappa shape index (κ2) is 6.25. The number of rotatable bonds is 4. The van der Waals surface area contributed by atoms with Gasteiger partial charge in [0.05, 0.1) is 24.8 Å². The third kappa shape index (κ3) is 3.00. The largest absolute Gasteiger partial charge is 0.408 e. The zero-order valence-electron chi connectivity index (χ0n) is 12.9. The van der Waals surface area contributed by atoms with Crippen molar-refractivity contribution in [1.29, 1.82) is 0 Å². The topological polar surface area (TPSA) is 71.7 Å². The van der Waals surface area contributed by atoms with Crippen molar-refractivity contribution in [2.45, 2.75) is 45.1 Å². The van der Waals surface area contributed by atoms with Gasteiger partial charge in [-0.2, -0.15) is 0 Å². The van der Waals surface area contributed by atoms with Crippen LogP contribution in [0.15, 0.2) is 30.4 Å². The van der Waals surface area contributed by atoms with Crippen LogP contribution in [0.1, 0.15) is 39.0 Å². The summed E-state index contributed by atoms with van der Waals surface area (Å²) < 4.78 is 5.49. The second-order valence-electron chi connectivity index (χ2n) is 5.76. The lowest BCUT2D eigenvalue weighted by molar-refractivity contribution is -0.139. The molecule has 6 nitrogen and oxygen atoms in total. The summed E-state index contributed by atoms with van der Waals surface area (Å²) in [6, 6.07) is 4.18. The molecule has 2 aliphatic rings. The molecule has 6 heteroatoms. The normalized spacial score (nSPS) is 18.7. The summed E-state index contributed by atoms with van der Waals surface area (Å²) in [7, 11) is 0. The molecule has 0 atom stereocenters. The minimum atomic E-state index is -0.229. The van der Waals surface area contributed by atoms with E-state index in [0.29, 0.717) is 30.8 Å². The molecular formula is C16H22N4O2. The van der Waals surface area contributed by atoms with Crippen LogP contribution in [0.4, 0.5) is 11.5 Å². The molecule has 1 aliphatic carbocycles. The molecular weight excluding hydrogens is 280 g/mol. The number of carbonyl (C=O) groups is 1. The lowest BCUT2D eigenvalue weighted by Gasteiger charge is -2.26. The van der Waals surface area contributed by atoms with Gasteiger partial charge in [-0.3, -0.25) is 9.69 Å². The Morgan fingerprint density at radius 1 is 1.41 bits per heavy atom. The minimum Gasteiger partial charge on any atom is -0.408 e. The van der Waals surface area contributed by atoms with Crippen LogP contribution in [0, 0.1) is 0 Å². The van der Waals surface area contributed by atoms with Crippen LogP contribution < -0.4 is 10.6 Å². The van der Waals surface area contributed by atoms with Gasteiger partial charge in [-0.05, 0) is 25.0 Å². The molecule has 2 N–H and O–H groups in total. The highest BCUT2D eigenvalue weighted by Crippen LogP contribution is 2.31. The fourth-order valence-electron chi connectivity index (χ4n) is 2.98. The first-order chi connectivity index (χ1) is 10.7. The van der Waals surface area contributed by atoms with Crippen molar-refractivity contribution in [3.8, 4) is 0 Å². The summed E-state index contributed by atoms with van der Waals surface area (Å²) in [6.45, 7) is 2.48. The van der Waals surface area contributed by atoms with Gasteiger partial charge in [0.15, 0.2) is 0 Å². The molecule has 1 aromatic rings. The van der Waals surface area contributed by atoms with Gasteiger partial charge in [-0.1, -0.05) is 19.8 Å². The molecule has 1 aromatic heterocycles. The Hall–Kier alpha value is -2.24. The van der Waals surface area contributed by atoms with Crippen molar-refractivity contribution in [2.24, 2.45) is 0 Å². The average Bonchev–Trinajstić information content (AvgIpc) is 3.17. The molecule has 0 unspecified atom stereocenters. The Bertz CT molecular complexity index is 564. The monoisotopic (exact) mass is 302 g/mol. The van der Waals surface area contributed by atoms with Crippen molar-refractivity contribution in [2.75, 3.05) is 17.3 Å². The summed E-state index contributed by atoms with van der Waals surface area (Å²) in [5.74, 6) is 0.824. The summed E-state index contributed by atoms with van der Waals surface area (Å²) in [6.07, 6.45) is 8.94. The predicted octanol–water partition coefficient (Wildman–Crippen LogP) is 2.44. The Morgan fingerprint density at radius 3 is 2.82 bits per heavy atom. The van der Waals surface area contributed by atoms with Crippen LogP contribution in [-0.2, 0) is 9.53 Å². The molecule has 0 bridgehead atoms. The van der Waals surface area contributed by atoms with E-state index in [2.05, 4.69) is 9.88 Å². The molecule has 22 heavy (non-hydrogen) atoms. The maximum atomic E-state index is 11.7. The number of carbonyl (C=O) groups excluding carboxylic acids is 1. The van der Waals surface area contributed by atoms with Crippen molar-refractivity contribution in [1.82, 2.24) is 9.88 Å². The van der Waals surface area contributed by atoms with E-state index in [1.165, 1.54) is 25.7 Å². The van der Waals surface area contributed by atoms with Crippen molar-refractivity contribution in [3.63, 3.8) is 0 Å².